The summed E-state index contributed by atoms with van der Waals surface area (Å²) in [6.07, 6.45) is 2.74. The van der Waals surface area contributed by atoms with Gasteiger partial charge in [0.2, 0.25) is 0 Å². The zero-order chi connectivity index (χ0) is 11.3. The molecule has 4 heteroatoms. The Labute approximate surface area is 87.4 Å². The van der Waals surface area contributed by atoms with Crippen molar-refractivity contribution >= 4 is 11.5 Å². The van der Waals surface area contributed by atoms with Gasteiger partial charge in [-0.3, -0.25) is 0 Å². The molecule has 0 saturated carbocycles. The summed E-state index contributed by atoms with van der Waals surface area (Å²) in [6.45, 7) is 1.92. The Hall–Kier alpha value is -2.02. The molecule has 0 bridgehead atoms. The quantitative estimate of drug-likeness (QED) is 0.605. The average Bonchev–Trinajstić information content (AvgIpc) is 2.69. The van der Waals surface area contributed by atoms with Crippen LogP contribution >= 0.6 is 0 Å². The van der Waals surface area contributed by atoms with Gasteiger partial charge in [-0.2, -0.15) is 5.26 Å². The van der Waals surface area contributed by atoms with Crippen LogP contribution in [0.3, 0.4) is 0 Å². The van der Waals surface area contributed by atoms with Crippen molar-refractivity contribution in [2.45, 2.75) is 19.8 Å². The zero-order valence-electron chi connectivity index (χ0n) is 8.36. The molecule has 0 aliphatic heterocycles. The van der Waals surface area contributed by atoms with Crippen LogP contribution in [0.25, 0.3) is 5.57 Å². The molecule has 0 radical (unpaired) electrons. The average molecular weight is 205 g/mol. The first kappa shape index (κ1) is 11.1. The molecule has 0 aromatic carbocycles. The largest absolute Gasteiger partial charge is 0.477 e. The number of nitriles is 1. The molecule has 0 amide bonds. The predicted octanol–water partition coefficient (Wildman–Crippen LogP) is 2.44. The molecule has 15 heavy (non-hydrogen) atoms. The van der Waals surface area contributed by atoms with E-state index in [9.17, 15) is 4.79 Å². The van der Waals surface area contributed by atoms with E-state index >= 15 is 0 Å². The third-order valence-corrected chi connectivity index (χ3v) is 1.95. The summed E-state index contributed by atoms with van der Waals surface area (Å²) in [4.78, 5) is 10.8. The standard InChI is InChI=1S/C11H11NO3/c1-2-4-8(9(7-12)11(13)14)10-5-3-6-15-10/h3,5-6H,2,4H2,1H3,(H,13,14)/b9-8-. The zero-order valence-corrected chi connectivity index (χ0v) is 8.36. The molecular weight excluding hydrogens is 194 g/mol. The topological polar surface area (TPSA) is 74.2 Å². The van der Waals surface area contributed by atoms with E-state index in [0.717, 1.165) is 6.42 Å². The van der Waals surface area contributed by atoms with Gasteiger partial charge < -0.3 is 9.52 Å². The third kappa shape index (κ3) is 2.47. The smallest absolute Gasteiger partial charge is 0.346 e. The molecule has 0 atom stereocenters. The molecule has 0 spiro atoms. The van der Waals surface area contributed by atoms with Crippen LogP contribution in [0.2, 0.25) is 0 Å². The first-order valence-electron chi connectivity index (χ1n) is 4.61. The molecule has 0 saturated heterocycles. The number of nitrogens with zero attached hydrogens (tertiary/aromatic N) is 1. The van der Waals surface area contributed by atoms with Crippen LogP contribution < -0.4 is 0 Å². The van der Waals surface area contributed by atoms with Crippen molar-refractivity contribution in [1.82, 2.24) is 0 Å². The number of allylic oxidation sites excluding steroid dienone is 1. The Morgan fingerprint density at radius 2 is 2.40 bits per heavy atom. The molecule has 1 rings (SSSR count). The van der Waals surface area contributed by atoms with Crippen molar-refractivity contribution in [3.63, 3.8) is 0 Å². The van der Waals surface area contributed by atoms with Gasteiger partial charge in [0.1, 0.15) is 17.4 Å². The number of carboxylic acids is 1. The van der Waals surface area contributed by atoms with Gasteiger partial charge in [-0.15, -0.1) is 0 Å². The van der Waals surface area contributed by atoms with Gasteiger partial charge in [-0.1, -0.05) is 13.3 Å². The van der Waals surface area contributed by atoms with E-state index in [2.05, 4.69) is 0 Å². The van der Waals surface area contributed by atoms with Crippen LogP contribution in [0.1, 0.15) is 25.5 Å². The second kappa shape index (κ2) is 5.01. The van der Waals surface area contributed by atoms with E-state index in [4.69, 9.17) is 14.8 Å². The Morgan fingerprint density at radius 1 is 1.67 bits per heavy atom. The third-order valence-electron chi connectivity index (χ3n) is 1.95. The number of rotatable bonds is 4. The molecule has 0 fully saturated rings. The second-order valence-corrected chi connectivity index (χ2v) is 3.00. The van der Waals surface area contributed by atoms with Crippen molar-refractivity contribution in [3.8, 4) is 6.07 Å². The highest BCUT2D eigenvalue weighted by molar-refractivity contribution is 5.99. The maximum atomic E-state index is 10.8. The van der Waals surface area contributed by atoms with Gasteiger partial charge in [0.25, 0.3) is 0 Å². The van der Waals surface area contributed by atoms with Gasteiger partial charge in [0.15, 0.2) is 0 Å². The number of carboxylic acid groups (broad SMARTS) is 1. The van der Waals surface area contributed by atoms with Gasteiger partial charge in [-0.05, 0) is 18.6 Å². The van der Waals surface area contributed by atoms with Crippen molar-refractivity contribution in [2.75, 3.05) is 0 Å². The van der Waals surface area contributed by atoms with Gasteiger partial charge in [0.05, 0.1) is 6.26 Å². The molecule has 1 aromatic rings. The molecule has 0 aliphatic rings. The lowest BCUT2D eigenvalue weighted by molar-refractivity contribution is -0.132. The fourth-order valence-corrected chi connectivity index (χ4v) is 1.32. The van der Waals surface area contributed by atoms with E-state index < -0.39 is 5.97 Å². The number of hydrogen-bond donors (Lipinski definition) is 1. The lowest BCUT2D eigenvalue weighted by Gasteiger charge is -2.03. The minimum Gasteiger partial charge on any atom is -0.477 e. The number of aliphatic carboxylic acids is 1. The van der Waals surface area contributed by atoms with Crippen LogP contribution in [0.5, 0.6) is 0 Å². The van der Waals surface area contributed by atoms with Crippen molar-refractivity contribution in [1.29, 1.82) is 5.26 Å². The molecule has 78 valence electrons. The fraction of sp³-hybridized carbons (Fsp3) is 0.273. The van der Waals surface area contributed by atoms with Gasteiger partial charge in [0, 0.05) is 5.57 Å². The normalized spacial score (nSPS) is 11.7. The summed E-state index contributed by atoms with van der Waals surface area (Å²) in [5, 5.41) is 17.6. The van der Waals surface area contributed by atoms with Crippen LogP contribution in [0.15, 0.2) is 28.4 Å². The molecule has 1 aromatic heterocycles. The lowest BCUT2D eigenvalue weighted by Crippen LogP contribution is -2.02. The van der Waals surface area contributed by atoms with Crippen molar-refractivity contribution < 1.29 is 14.3 Å². The highest BCUT2D eigenvalue weighted by Gasteiger charge is 2.16. The highest BCUT2D eigenvalue weighted by atomic mass is 16.4. The maximum Gasteiger partial charge on any atom is 0.346 e. The predicted molar refractivity (Wildman–Crippen MR) is 53.8 cm³/mol. The number of hydrogen-bond acceptors (Lipinski definition) is 3. The van der Waals surface area contributed by atoms with Crippen LogP contribution in [0.4, 0.5) is 0 Å². The molecule has 1 N–H and O–H groups in total. The molecule has 0 unspecified atom stereocenters. The number of furan rings is 1. The summed E-state index contributed by atoms with van der Waals surface area (Å²) in [5.74, 6) is -0.756. The summed E-state index contributed by atoms with van der Waals surface area (Å²) >= 11 is 0. The van der Waals surface area contributed by atoms with E-state index in [1.807, 2.05) is 6.92 Å². The first-order valence-corrected chi connectivity index (χ1v) is 4.61. The summed E-state index contributed by atoms with van der Waals surface area (Å²) in [7, 11) is 0. The Kier molecular flexibility index (Phi) is 3.69. The van der Waals surface area contributed by atoms with Gasteiger partial charge in [-0.25, -0.2) is 4.79 Å². The Bertz CT molecular complexity index is 410. The summed E-state index contributed by atoms with van der Waals surface area (Å²) in [5.41, 5.74) is 0.212. The molecule has 1 heterocycles. The SMILES string of the molecule is CCC/C(=C(\C#N)C(=O)O)c1ccco1. The van der Waals surface area contributed by atoms with Crippen molar-refractivity contribution in [2.24, 2.45) is 0 Å². The van der Waals surface area contributed by atoms with E-state index in [-0.39, 0.29) is 5.57 Å². The highest BCUT2D eigenvalue weighted by Crippen LogP contribution is 2.24. The summed E-state index contributed by atoms with van der Waals surface area (Å²) in [6, 6.07) is 5.02. The molecule has 0 aliphatic carbocycles. The van der Waals surface area contributed by atoms with E-state index in [0.29, 0.717) is 17.8 Å². The first-order chi connectivity index (χ1) is 7.20. The van der Waals surface area contributed by atoms with E-state index in [1.54, 1.807) is 18.2 Å². The second-order valence-electron chi connectivity index (χ2n) is 3.00. The maximum absolute atomic E-state index is 10.8. The van der Waals surface area contributed by atoms with Crippen LogP contribution in [-0.4, -0.2) is 11.1 Å². The molecular formula is C11H11NO3. The minimum atomic E-state index is -1.21. The molecule has 4 nitrogen and oxygen atoms in total. The minimum absolute atomic E-state index is 0.244. The van der Waals surface area contributed by atoms with Gasteiger partial charge >= 0.3 is 5.97 Å². The lowest BCUT2D eigenvalue weighted by atomic mass is 10.0. The fourth-order valence-electron chi connectivity index (χ4n) is 1.32. The summed E-state index contributed by atoms with van der Waals surface area (Å²) < 4.78 is 5.11. The van der Waals surface area contributed by atoms with Crippen LogP contribution in [0, 0.1) is 11.3 Å². The Balaban J connectivity index is 3.23. The Morgan fingerprint density at radius 3 is 2.80 bits per heavy atom. The van der Waals surface area contributed by atoms with Crippen molar-refractivity contribution in [3.05, 3.63) is 29.7 Å². The van der Waals surface area contributed by atoms with Crippen LogP contribution in [-0.2, 0) is 4.79 Å². The monoisotopic (exact) mass is 205 g/mol. The number of carbonyl (C=O) groups is 1. The van der Waals surface area contributed by atoms with E-state index in [1.165, 1.54) is 6.26 Å².